The lowest BCUT2D eigenvalue weighted by molar-refractivity contribution is 0.360. The van der Waals surface area contributed by atoms with Crippen molar-refractivity contribution in [3.05, 3.63) is 22.8 Å². The van der Waals surface area contributed by atoms with E-state index in [-0.39, 0.29) is 0 Å². The highest BCUT2D eigenvalue weighted by Crippen LogP contribution is 2.38. The van der Waals surface area contributed by atoms with E-state index in [1.807, 2.05) is 6.07 Å². The van der Waals surface area contributed by atoms with Crippen LogP contribution < -0.4 is 4.90 Å². The fraction of sp³-hybridized carbons (Fsp3) is 0.571. The van der Waals surface area contributed by atoms with Crippen molar-refractivity contribution in [2.45, 2.75) is 38.1 Å². The van der Waals surface area contributed by atoms with Gasteiger partial charge >= 0.3 is 0 Å². The summed E-state index contributed by atoms with van der Waals surface area (Å²) in [6, 6.07) is 6.26. The van der Waals surface area contributed by atoms with Crippen LogP contribution in [0.5, 0.6) is 0 Å². The molecule has 0 radical (unpaired) electrons. The molecule has 3 rings (SSSR count). The molecule has 3 nitrogen and oxygen atoms in total. The molecule has 1 saturated carbocycles. The Morgan fingerprint density at radius 1 is 1.28 bits per heavy atom. The van der Waals surface area contributed by atoms with Gasteiger partial charge in [-0.25, -0.2) is 4.98 Å². The summed E-state index contributed by atoms with van der Waals surface area (Å²) in [4.78, 5) is 6.78. The van der Waals surface area contributed by atoms with Crippen LogP contribution in [0, 0.1) is 17.2 Å². The highest BCUT2D eigenvalue weighted by Gasteiger charge is 2.35. The average molecular weight is 262 g/mol. The quantitative estimate of drug-likeness (QED) is 0.728. The van der Waals surface area contributed by atoms with Crippen LogP contribution in [0.1, 0.15) is 37.7 Å². The van der Waals surface area contributed by atoms with E-state index in [1.165, 1.54) is 32.1 Å². The topological polar surface area (TPSA) is 39.9 Å². The van der Waals surface area contributed by atoms with Crippen LogP contribution in [0.2, 0.25) is 5.15 Å². The molecule has 2 fully saturated rings. The molecule has 94 valence electrons. The molecule has 1 aromatic heterocycles. The largest absolute Gasteiger partial charge is 0.353 e. The standard InChI is InChI=1S/C14H16ClN3/c15-13-7-10(9-16)8-14(17-13)18-6-2-4-11-3-1-5-12(11)18/h7-8,11-12H,1-6H2. The number of nitrogens with zero attached hydrogens (tertiary/aromatic N) is 3. The highest BCUT2D eigenvalue weighted by atomic mass is 35.5. The predicted octanol–water partition coefficient (Wildman–Crippen LogP) is 3.38. The average Bonchev–Trinajstić information content (AvgIpc) is 2.85. The summed E-state index contributed by atoms with van der Waals surface area (Å²) < 4.78 is 0. The minimum Gasteiger partial charge on any atom is -0.353 e. The zero-order valence-corrected chi connectivity index (χ0v) is 11.0. The Morgan fingerprint density at radius 3 is 2.94 bits per heavy atom. The number of aromatic nitrogens is 1. The summed E-state index contributed by atoms with van der Waals surface area (Å²) in [5.41, 5.74) is 0.602. The lowest BCUT2D eigenvalue weighted by atomic mass is 9.92. The predicted molar refractivity (Wildman–Crippen MR) is 71.7 cm³/mol. The van der Waals surface area contributed by atoms with Crippen molar-refractivity contribution in [1.82, 2.24) is 4.98 Å². The summed E-state index contributed by atoms with van der Waals surface area (Å²) in [5, 5.41) is 9.44. The molecule has 1 aliphatic heterocycles. The van der Waals surface area contributed by atoms with Crippen molar-refractivity contribution in [2.24, 2.45) is 5.92 Å². The van der Waals surface area contributed by atoms with Gasteiger partial charge < -0.3 is 4.90 Å². The third-order valence-corrected chi connectivity index (χ3v) is 4.39. The monoisotopic (exact) mass is 261 g/mol. The molecule has 1 aliphatic carbocycles. The number of hydrogen-bond acceptors (Lipinski definition) is 3. The van der Waals surface area contributed by atoms with Gasteiger partial charge in [0.2, 0.25) is 0 Å². The summed E-state index contributed by atoms with van der Waals surface area (Å²) >= 11 is 6.00. The van der Waals surface area contributed by atoms with E-state index in [4.69, 9.17) is 16.9 Å². The number of fused-ring (bicyclic) bond motifs is 1. The Labute approximate surface area is 112 Å². The molecule has 2 heterocycles. The van der Waals surface area contributed by atoms with Crippen LogP contribution in [0.15, 0.2) is 12.1 Å². The van der Waals surface area contributed by atoms with E-state index < -0.39 is 0 Å². The van der Waals surface area contributed by atoms with Gasteiger partial charge in [-0.1, -0.05) is 18.0 Å². The Kier molecular flexibility index (Phi) is 3.13. The fourth-order valence-corrected chi connectivity index (χ4v) is 3.64. The number of rotatable bonds is 1. The molecule has 0 amide bonds. The van der Waals surface area contributed by atoms with E-state index in [9.17, 15) is 0 Å². The molecule has 2 atom stereocenters. The third-order valence-electron chi connectivity index (χ3n) is 4.20. The molecule has 0 aromatic carbocycles. The molecule has 0 spiro atoms. The molecule has 0 N–H and O–H groups in total. The maximum absolute atomic E-state index is 9.02. The van der Waals surface area contributed by atoms with E-state index >= 15 is 0 Å². The summed E-state index contributed by atoms with van der Waals surface area (Å²) in [5.74, 6) is 1.70. The second-order valence-corrected chi connectivity index (χ2v) is 5.63. The first-order valence-electron chi connectivity index (χ1n) is 6.62. The van der Waals surface area contributed by atoms with Crippen LogP contribution in [0.25, 0.3) is 0 Å². The van der Waals surface area contributed by atoms with Gasteiger partial charge in [-0.05, 0) is 43.7 Å². The van der Waals surface area contributed by atoms with E-state index in [0.717, 1.165) is 18.3 Å². The number of anilines is 1. The van der Waals surface area contributed by atoms with Crippen molar-refractivity contribution in [1.29, 1.82) is 5.26 Å². The Bertz CT molecular complexity index is 494. The maximum Gasteiger partial charge on any atom is 0.132 e. The number of halogens is 1. The number of nitriles is 1. The first kappa shape index (κ1) is 11.8. The first-order valence-corrected chi connectivity index (χ1v) is 7.00. The highest BCUT2D eigenvalue weighted by molar-refractivity contribution is 6.29. The molecule has 2 unspecified atom stereocenters. The summed E-state index contributed by atoms with van der Waals surface area (Å²) in [7, 11) is 0. The Morgan fingerprint density at radius 2 is 2.11 bits per heavy atom. The molecule has 18 heavy (non-hydrogen) atoms. The van der Waals surface area contributed by atoms with Crippen LogP contribution in [0.3, 0.4) is 0 Å². The van der Waals surface area contributed by atoms with Crippen LogP contribution in [-0.4, -0.2) is 17.6 Å². The van der Waals surface area contributed by atoms with Gasteiger partial charge in [-0.15, -0.1) is 0 Å². The SMILES string of the molecule is N#Cc1cc(Cl)nc(N2CCCC3CCCC32)c1. The van der Waals surface area contributed by atoms with Gasteiger partial charge in [0.25, 0.3) is 0 Å². The van der Waals surface area contributed by atoms with E-state index in [2.05, 4.69) is 16.0 Å². The molecule has 1 saturated heterocycles. The normalized spacial score (nSPS) is 26.8. The molecule has 1 aromatic rings. The van der Waals surface area contributed by atoms with Crippen molar-refractivity contribution in [3.8, 4) is 6.07 Å². The lowest BCUT2D eigenvalue weighted by Gasteiger charge is -2.38. The Hall–Kier alpha value is -1.27. The smallest absolute Gasteiger partial charge is 0.132 e. The van der Waals surface area contributed by atoms with Crippen LogP contribution >= 0.6 is 11.6 Å². The van der Waals surface area contributed by atoms with Crippen molar-refractivity contribution < 1.29 is 0 Å². The van der Waals surface area contributed by atoms with Crippen molar-refractivity contribution in [3.63, 3.8) is 0 Å². The van der Waals surface area contributed by atoms with Gasteiger partial charge in [-0.2, -0.15) is 5.26 Å². The summed E-state index contributed by atoms with van der Waals surface area (Å²) in [6.07, 6.45) is 6.47. The molecular formula is C14H16ClN3. The molecule has 2 aliphatic rings. The molecule has 0 bridgehead atoms. The van der Waals surface area contributed by atoms with E-state index in [0.29, 0.717) is 16.8 Å². The zero-order chi connectivity index (χ0) is 12.5. The number of piperidine rings is 1. The van der Waals surface area contributed by atoms with Gasteiger partial charge in [-0.3, -0.25) is 0 Å². The fourth-order valence-electron chi connectivity index (χ4n) is 3.43. The second-order valence-electron chi connectivity index (χ2n) is 5.24. The van der Waals surface area contributed by atoms with Crippen LogP contribution in [0.4, 0.5) is 5.82 Å². The zero-order valence-electron chi connectivity index (χ0n) is 10.3. The lowest BCUT2D eigenvalue weighted by Crippen LogP contribution is -2.43. The number of pyridine rings is 1. The number of hydrogen-bond donors (Lipinski definition) is 0. The van der Waals surface area contributed by atoms with Gasteiger partial charge in [0.1, 0.15) is 11.0 Å². The maximum atomic E-state index is 9.02. The summed E-state index contributed by atoms with van der Waals surface area (Å²) in [6.45, 7) is 1.04. The molecule has 4 heteroatoms. The van der Waals surface area contributed by atoms with Gasteiger partial charge in [0.15, 0.2) is 0 Å². The molecular weight excluding hydrogens is 246 g/mol. The van der Waals surface area contributed by atoms with Gasteiger partial charge in [0.05, 0.1) is 11.6 Å². The Balaban J connectivity index is 1.94. The minimum absolute atomic E-state index is 0.421. The van der Waals surface area contributed by atoms with Crippen LogP contribution in [-0.2, 0) is 0 Å². The van der Waals surface area contributed by atoms with Crippen molar-refractivity contribution >= 4 is 17.4 Å². The van der Waals surface area contributed by atoms with Crippen molar-refractivity contribution in [2.75, 3.05) is 11.4 Å². The minimum atomic E-state index is 0.421. The van der Waals surface area contributed by atoms with E-state index in [1.54, 1.807) is 6.07 Å². The third kappa shape index (κ3) is 2.06. The second kappa shape index (κ2) is 4.78. The first-order chi connectivity index (χ1) is 8.78. The van der Waals surface area contributed by atoms with Gasteiger partial charge in [0, 0.05) is 12.6 Å².